The molecular weight excluding hydrogens is 250 g/mol. The lowest BCUT2D eigenvalue weighted by Crippen LogP contribution is -2.08. The van der Waals surface area contributed by atoms with Gasteiger partial charge in [0.15, 0.2) is 5.65 Å². The van der Waals surface area contributed by atoms with E-state index in [1.807, 2.05) is 42.6 Å². The van der Waals surface area contributed by atoms with Gasteiger partial charge in [-0.1, -0.05) is 12.1 Å². The molecule has 0 fully saturated rings. The highest BCUT2D eigenvalue weighted by molar-refractivity contribution is 5.47. The van der Waals surface area contributed by atoms with Crippen LogP contribution in [0.15, 0.2) is 48.8 Å². The Hall–Kier alpha value is -2.87. The maximum Gasteiger partial charge on any atom is 0.157 e. The van der Waals surface area contributed by atoms with Crippen LogP contribution < -0.4 is 5.32 Å². The van der Waals surface area contributed by atoms with Crippen LogP contribution >= 0.6 is 0 Å². The third-order valence-corrected chi connectivity index (χ3v) is 3.16. The van der Waals surface area contributed by atoms with E-state index in [0.717, 1.165) is 17.0 Å². The van der Waals surface area contributed by atoms with Crippen LogP contribution in [0.3, 0.4) is 0 Å². The second-order valence-electron chi connectivity index (χ2n) is 4.55. The molecule has 98 valence electrons. The second-order valence-corrected chi connectivity index (χ2v) is 4.55. The fraction of sp³-hybridized carbons (Fsp3) is 0.133. The summed E-state index contributed by atoms with van der Waals surface area (Å²) in [5, 5.41) is 16.3. The first-order valence-corrected chi connectivity index (χ1v) is 6.33. The summed E-state index contributed by atoms with van der Waals surface area (Å²) in [7, 11) is 0. The molecule has 0 aliphatic carbocycles. The van der Waals surface area contributed by atoms with Gasteiger partial charge in [0.05, 0.1) is 17.8 Å². The zero-order chi connectivity index (χ0) is 13.9. The van der Waals surface area contributed by atoms with Crippen LogP contribution in [0.2, 0.25) is 0 Å². The predicted molar refractivity (Wildman–Crippen MR) is 76.2 cm³/mol. The van der Waals surface area contributed by atoms with Crippen molar-refractivity contribution in [2.45, 2.75) is 13.0 Å². The number of hydrogen-bond acceptors (Lipinski definition) is 4. The Bertz CT molecular complexity index is 767. The predicted octanol–water partition coefficient (Wildman–Crippen LogP) is 2.77. The lowest BCUT2D eigenvalue weighted by Gasteiger charge is -2.15. The van der Waals surface area contributed by atoms with Crippen LogP contribution in [-0.4, -0.2) is 14.6 Å². The fourth-order valence-corrected chi connectivity index (χ4v) is 2.04. The van der Waals surface area contributed by atoms with Crippen molar-refractivity contribution in [2.75, 3.05) is 5.32 Å². The minimum absolute atomic E-state index is 0.112. The minimum atomic E-state index is 0.112. The normalized spacial score (nSPS) is 12.0. The van der Waals surface area contributed by atoms with Gasteiger partial charge in [0.1, 0.15) is 5.82 Å². The molecule has 1 atom stereocenters. The summed E-state index contributed by atoms with van der Waals surface area (Å²) in [6.07, 6.45) is 3.59. The molecule has 0 saturated heterocycles. The molecule has 0 amide bonds. The van der Waals surface area contributed by atoms with Crippen molar-refractivity contribution in [1.29, 1.82) is 5.26 Å². The highest BCUT2D eigenvalue weighted by atomic mass is 15.2. The minimum Gasteiger partial charge on any atom is -0.363 e. The van der Waals surface area contributed by atoms with Crippen LogP contribution in [0.25, 0.3) is 5.65 Å². The van der Waals surface area contributed by atoms with Gasteiger partial charge in [-0.05, 0) is 30.7 Å². The maximum absolute atomic E-state index is 8.80. The number of nitrogens with zero attached hydrogens (tertiary/aromatic N) is 4. The third-order valence-electron chi connectivity index (χ3n) is 3.16. The smallest absolute Gasteiger partial charge is 0.157 e. The summed E-state index contributed by atoms with van der Waals surface area (Å²) in [5.74, 6) is 0.801. The molecule has 3 aromatic rings. The molecule has 0 spiro atoms. The summed E-state index contributed by atoms with van der Waals surface area (Å²) >= 11 is 0. The second kappa shape index (κ2) is 5.02. The van der Waals surface area contributed by atoms with Crippen molar-refractivity contribution < 1.29 is 0 Å². The van der Waals surface area contributed by atoms with Gasteiger partial charge in [0.2, 0.25) is 0 Å². The van der Waals surface area contributed by atoms with Crippen LogP contribution in [0, 0.1) is 11.3 Å². The van der Waals surface area contributed by atoms with E-state index in [-0.39, 0.29) is 6.04 Å². The van der Waals surface area contributed by atoms with Gasteiger partial charge in [-0.15, -0.1) is 0 Å². The molecule has 1 N–H and O–H groups in total. The number of aromatic nitrogens is 3. The monoisotopic (exact) mass is 263 g/mol. The van der Waals surface area contributed by atoms with E-state index < -0.39 is 0 Å². The molecule has 2 aromatic heterocycles. The number of nitriles is 1. The number of rotatable bonds is 3. The Balaban J connectivity index is 1.80. The number of nitrogens with one attached hydrogen (secondary N) is 1. The van der Waals surface area contributed by atoms with Gasteiger partial charge in [-0.2, -0.15) is 10.4 Å². The molecule has 0 saturated carbocycles. The molecule has 0 aliphatic heterocycles. The van der Waals surface area contributed by atoms with Gasteiger partial charge in [-0.25, -0.2) is 9.50 Å². The fourth-order valence-electron chi connectivity index (χ4n) is 2.04. The van der Waals surface area contributed by atoms with E-state index >= 15 is 0 Å². The van der Waals surface area contributed by atoms with E-state index in [0.29, 0.717) is 5.56 Å². The largest absolute Gasteiger partial charge is 0.363 e. The first-order valence-electron chi connectivity index (χ1n) is 6.33. The average molecular weight is 263 g/mol. The quantitative estimate of drug-likeness (QED) is 0.789. The third kappa shape index (κ3) is 2.31. The standard InChI is InChI=1S/C15H13N5/c1-11(13-4-2-12(10-16)3-5-13)18-14-7-9-20-15(19-14)6-8-17-20/h2-9,11H,1H3,(H,18,19). The van der Waals surface area contributed by atoms with Crippen molar-refractivity contribution in [1.82, 2.24) is 14.6 Å². The first kappa shape index (κ1) is 12.2. The molecule has 0 radical (unpaired) electrons. The molecule has 20 heavy (non-hydrogen) atoms. The van der Waals surface area contributed by atoms with Gasteiger partial charge in [0, 0.05) is 18.3 Å². The highest BCUT2D eigenvalue weighted by Gasteiger charge is 2.07. The van der Waals surface area contributed by atoms with Crippen LogP contribution in [0.4, 0.5) is 5.82 Å². The first-order chi connectivity index (χ1) is 9.76. The molecule has 0 aliphatic rings. The molecule has 2 heterocycles. The van der Waals surface area contributed by atoms with Crippen LogP contribution in [-0.2, 0) is 0 Å². The summed E-state index contributed by atoms with van der Waals surface area (Å²) in [5.41, 5.74) is 2.58. The Labute approximate surface area is 116 Å². The van der Waals surface area contributed by atoms with Crippen molar-refractivity contribution in [2.24, 2.45) is 0 Å². The average Bonchev–Trinajstić information content (AvgIpc) is 2.95. The number of benzene rings is 1. The molecule has 1 unspecified atom stereocenters. The molecule has 3 rings (SSSR count). The van der Waals surface area contributed by atoms with E-state index in [1.54, 1.807) is 10.7 Å². The Kier molecular flexibility index (Phi) is 3.05. The number of fused-ring (bicyclic) bond motifs is 1. The summed E-state index contributed by atoms with van der Waals surface area (Å²) in [6.45, 7) is 2.06. The van der Waals surface area contributed by atoms with Gasteiger partial charge < -0.3 is 5.32 Å². The van der Waals surface area contributed by atoms with Crippen molar-refractivity contribution in [3.8, 4) is 6.07 Å². The van der Waals surface area contributed by atoms with Crippen LogP contribution in [0.1, 0.15) is 24.1 Å². The Morgan fingerprint density at radius 3 is 2.75 bits per heavy atom. The zero-order valence-corrected chi connectivity index (χ0v) is 11.0. The lowest BCUT2D eigenvalue weighted by atomic mass is 10.1. The number of anilines is 1. The summed E-state index contributed by atoms with van der Waals surface area (Å²) < 4.78 is 1.72. The Morgan fingerprint density at radius 2 is 2.00 bits per heavy atom. The zero-order valence-electron chi connectivity index (χ0n) is 11.0. The summed E-state index contributed by atoms with van der Waals surface area (Å²) in [6, 6.07) is 13.5. The SMILES string of the molecule is CC(Nc1ccn2nccc2n1)c1ccc(C#N)cc1. The van der Waals surface area contributed by atoms with Gasteiger partial charge in [0.25, 0.3) is 0 Å². The highest BCUT2D eigenvalue weighted by Crippen LogP contribution is 2.18. The molecule has 5 heteroatoms. The Morgan fingerprint density at radius 1 is 1.20 bits per heavy atom. The van der Waals surface area contributed by atoms with E-state index in [9.17, 15) is 0 Å². The molecule has 0 bridgehead atoms. The van der Waals surface area contributed by atoms with Crippen molar-refractivity contribution in [3.05, 3.63) is 59.9 Å². The number of hydrogen-bond donors (Lipinski definition) is 1. The van der Waals surface area contributed by atoms with E-state index in [1.165, 1.54) is 0 Å². The van der Waals surface area contributed by atoms with Crippen molar-refractivity contribution >= 4 is 11.5 Å². The summed E-state index contributed by atoms with van der Waals surface area (Å²) in [4.78, 5) is 4.47. The molecular formula is C15H13N5. The van der Waals surface area contributed by atoms with E-state index in [2.05, 4.69) is 28.4 Å². The van der Waals surface area contributed by atoms with Gasteiger partial charge >= 0.3 is 0 Å². The topological polar surface area (TPSA) is 66.0 Å². The lowest BCUT2D eigenvalue weighted by molar-refractivity contribution is 0.866. The van der Waals surface area contributed by atoms with Gasteiger partial charge in [-0.3, -0.25) is 0 Å². The van der Waals surface area contributed by atoms with E-state index in [4.69, 9.17) is 5.26 Å². The molecule has 1 aromatic carbocycles. The van der Waals surface area contributed by atoms with Crippen LogP contribution in [0.5, 0.6) is 0 Å². The maximum atomic E-state index is 8.80. The van der Waals surface area contributed by atoms with Crippen molar-refractivity contribution in [3.63, 3.8) is 0 Å². The molecule has 5 nitrogen and oxygen atoms in total.